The molecule has 1 aromatic carbocycles. The maximum atomic E-state index is 12.9. The molecule has 0 amide bonds. The number of carbonyl (C=O) groups excluding carboxylic acids is 1. The van der Waals surface area contributed by atoms with E-state index >= 15 is 0 Å². The lowest BCUT2D eigenvalue weighted by Crippen LogP contribution is -2.12. The number of aromatic nitrogens is 2. The molecule has 0 saturated carbocycles. The lowest BCUT2D eigenvalue weighted by Gasteiger charge is -2.10. The van der Waals surface area contributed by atoms with E-state index in [0.29, 0.717) is 39.2 Å². The molecule has 0 atom stereocenters. The van der Waals surface area contributed by atoms with Crippen molar-refractivity contribution in [1.29, 1.82) is 0 Å². The summed E-state index contributed by atoms with van der Waals surface area (Å²) in [6.07, 6.45) is 2.60. The topological polar surface area (TPSA) is 44.1 Å². The van der Waals surface area contributed by atoms with Crippen LogP contribution >= 0.6 is 35.4 Å². The molecule has 24 heavy (non-hydrogen) atoms. The highest BCUT2D eigenvalue weighted by atomic mass is 35.5. The summed E-state index contributed by atoms with van der Waals surface area (Å²) in [6.45, 7) is 3.83. The van der Waals surface area contributed by atoms with Gasteiger partial charge in [-0.3, -0.25) is 4.79 Å². The van der Waals surface area contributed by atoms with Crippen LogP contribution in [-0.2, 0) is 7.05 Å². The first-order chi connectivity index (χ1) is 11.3. The molecule has 2 rings (SSSR count). The van der Waals surface area contributed by atoms with Gasteiger partial charge in [0.1, 0.15) is 5.56 Å². The maximum absolute atomic E-state index is 12.9. The molecule has 128 valence electrons. The number of benzene rings is 1. The Hall–Kier alpha value is -1.43. The molecule has 7 heteroatoms. The van der Waals surface area contributed by atoms with Gasteiger partial charge in [0.2, 0.25) is 11.7 Å². The molecule has 0 aliphatic heterocycles. The van der Waals surface area contributed by atoms with Gasteiger partial charge >= 0.3 is 0 Å². The normalized spacial score (nSPS) is 10.7. The summed E-state index contributed by atoms with van der Waals surface area (Å²) in [7, 11) is 1.71. The standard InChI is InChI=1S/C17H18Cl2N2O2S/c1-4-5-6-14(24)23-17-15(10(2)20-21(17)3)16(22)12-8-7-11(18)9-13(12)19/h7-9H,4-6H2,1-3H3. The fourth-order valence-corrected chi connectivity index (χ4v) is 3.02. The highest BCUT2D eigenvalue weighted by Gasteiger charge is 2.25. The molecule has 0 unspecified atom stereocenters. The third kappa shape index (κ3) is 4.15. The summed E-state index contributed by atoms with van der Waals surface area (Å²) >= 11 is 17.3. The van der Waals surface area contributed by atoms with Crippen LogP contribution in [0, 0.1) is 6.92 Å². The van der Waals surface area contributed by atoms with Gasteiger partial charge in [0.05, 0.1) is 10.7 Å². The number of hydrogen-bond acceptors (Lipinski definition) is 4. The van der Waals surface area contributed by atoms with Gasteiger partial charge in [-0.05, 0) is 43.8 Å². The van der Waals surface area contributed by atoms with Gasteiger partial charge in [0.25, 0.3) is 0 Å². The van der Waals surface area contributed by atoms with E-state index in [1.807, 2.05) is 0 Å². The van der Waals surface area contributed by atoms with Gasteiger partial charge < -0.3 is 4.74 Å². The van der Waals surface area contributed by atoms with Gasteiger partial charge in [-0.2, -0.15) is 5.10 Å². The van der Waals surface area contributed by atoms with E-state index in [1.54, 1.807) is 26.1 Å². The summed E-state index contributed by atoms with van der Waals surface area (Å²) in [5, 5.41) is 5.48. The largest absolute Gasteiger partial charge is 0.431 e. The number of hydrogen-bond donors (Lipinski definition) is 0. The predicted octanol–water partition coefficient (Wildman–Crippen LogP) is 5.16. The smallest absolute Gasteiger partial charge is 0.229 e. The molecule has 0 bridgehead atoms. The first kappa shape index (κ1) is 18.9. The van der Waals surface area contributed by atoms with Gasteiger partial charge in [0, 0.05) is 24.1 Å². The van der Waals surface area contributed by atoms with Crippen molar-refractivity contribution < 1.29 is 9.53 Å². The van der Waals surface area contributed by atoms with Gasteiger partial charge in [0.15, 0.2) is 5.05 Å². The first-order valence-electron chi connectivity index (χ1n) is 7.59. The van der Waals surface area contributed by atoms with E-state index in [-0.39, 0.29) is 10.8 Å². The second-order valence-corrected chi connectivity index (χ2v) is 6.72. The number of carbonyl (C=O) groups is 1. The number of nitrogens with zero attached hydrogens (tertiary/aromatic N) is 2. The Morgan fingerprint density at radius 3 is 2.71 bits per heavy atom. The molecule has 0 aliphatic rings. The van der Waals surface area contributed by atoms with Crippen molar-refractivity contribution in [3.63, 3.8) is 0 Å². The molecule has 4 nitrogen and oxygen atoms in total. The summed E-state index contributed by atoms with van der Waals surface area (Å²) in [5.41, 5.74) is 1.27. The fraction of sp³-hybridized carbons (Fsp3) is 0.353. The van der Waals surface area contributed by atoms with E-state index in [2.05, 4.69) is 12.0 Å². The number of aryl methyl sites for hydroxylation is 2. The zero-order valence-electron chi connectivity index (χ0n) is 13.7. The predicted molar refractivity (Wildman–Crippen MR) is 101 cm³/mol. The summed E-state index contributed by atoms with van der Waals surface area (Å²) < 4.78 is 7.27. The molecule has 0 saturated heterocycles. The highest BCUT2D eigenvalue weighted by molar-refractivity contribution is 7.80. The van der Waals surface area contributed by atoms with Crippen molar-refractivity contribution in [3.05, 3.63) is 45.1 Å². The van der Waals surface area contributed by atoms with Crippen molar-refractivity contribution in [2.24, 2.45) is 7.05 Å². The van der Waals surface area contributed by atoms with E-state index < -0.39 is 0 Å². The first-order valence-corrected chi connectivity index (χ1v) is 8.75. The van der Waals surface area contributed by atoms with Crippen LogP contribution < -0.4 is 4.74 Å². The van der Waals surface area contributed by atoms with Crippen LogP contribution in [0.2, 0.25) is 10.0 Å². The minimum atomic E-state index is -0.268. The molecule has 0 radical (unpaired) electrons. The highest BCUT2D eigenvalue weighted by Crippen LogP contribution is 2.29. The zero-order valence-corrected chi connectivity index (χ0v) is 16.1. The van der Waals surface area contributed by atoms with Crippen LogP contribution in [0.5, 0.6) is 5.88 Å². The fourth-order valence-electron chi connectivity index (χ4n) is 2.30. The number of unbranched alkanes of at least 4 members (excludes halogenated alkanes) is 1. The minimum Gasteiger partial charge on any atom is -0.431 e. The van der Waals surface area contributed by atoms with Crippen molar-refractivity contribution in [3.8, 4) is 5.88 Å². The third-order valence-electron chi connectivity index (χ3n) is 3.52. The molecule has 1 heterocycles. The van der Waals surface area contributed by atoms with Crippen LogP contribution in [0.4, 0.5) is 0 Å². The number of ketones is 1. The lowest BCUT2D eigenvalue weighted by molar-refractivity contribution is 0.103. The van der Waals surface area contributed by atoms with Gasteiger partial charge in [-0.1, -0.05) is 36.5 Å². The van der Waals surface area contributed by atoms with Crippen molar-refractivity contribution >= 4 is 46.3 Å². The van der Waals surface area contributed by atoms with Crippen LogP contribution in [0.1, 0.15) is 47.8 Å². The maximum Gasteiger partial charge on any atom is 0.229 e. The summed E-state index contributed by atoms with van der Waals surface area (Å²) in [5.74, 6) is 0.0696. The van der Waals surface area contributed by atoms with Crippen LogP contribution in [0.15, 0.2) is 18.2 Å². The quantitative estimate of drug-likeness (QED) is 0.509. The SMILES string of the molecule is CCCCC(=S)Oc1c(C(=O)c2ccc(Cl)cc2Cl)c(C)nn1C. The van der Waals surface area contributed by atoms with E-state index in [0.717, 1.165) is 12.8 Å². The average Bonchev–Trinajstić information content (AvgIpc) is 2.78. The van der Waals surface area contributed by atoms with Crippen molar-refractivity contribution in [1.82, 2.24) is 9.78 Å². The molecule has 0 aliphatic carbocycles. The molecule has 1 aromatic heterocycles. The van der Waals surface area contributed by atoms with Crippen LogP contribution in [-0.4, -0.2) is 20.6 Å². The third-order valence-corrected chi connectivity index (χ3v) is 4.35. The Morgan fingerprint density at radius 2 is 2.08 bits per heavy atom. The monoisotopic (exact) mass is 384 g/mol. The second-order valence-electron chi connectivity index (χ2n) is 5.42. The molecular formula is C17H18Cl2N2O2S. The van der Waals surface area contributed by atoms with Crippen molar-refractivity contribution in [2.75, 3.05) is 0 Å². The molecule has 2 aromatic rings. The number of ether oxygens (including phenoxy) is 1. The molecule has 0 N–H and O–H groups in total. The van der Waals surface area contributed by atoms with Crippen LogP contribution in [0.25, 0.3) is 0 Å². The average molecular weight is 385 g/mol. The second kappa shape index (κ2) is 8.10. The summed E-state index contributed by atoms with van der Waals surface area (Å²) in [6, 6.07) is 4.76. The zero-order chi connectivity index (χ0) is 17.9. The van der Waals surface area contributed by atoms with Gasteiger partial charge in [-0.25, -0.2) is 4.68 Å². The molecule has 0 spiro atoms. The van der Waals surface area contributed by atoms with E-state index in [4.69, 9.17) is 40.2 Å². The van der Waals surface area contributed by atoms with Crippen LogP contribution in [0.3, 0.4) is 0 Å². The number of rotatable bonds is 6. The minimum absolute atomic E-state index is 0.268. The van der Waals surface area contributed by atoms with Gasteiger partial charge in [-0.15, -0.1) is 0 Å². The molecule has 0 fully saturated rings. The summed E-state index contributed by atoms with van der Waals surface area (Å²) in [4.78, 5) is 12.9. The Kier molecular flexibility index (Phi) is 6.38. The Bertz CT molecular complexity index is 787. The number of thiocarbonyl (C=S) groups is 1. The Labute approximate surface area is 156 Å². The Balaban J connectivity index is 2.39. The molecular weight excluding hydrogens is 367 g/mol. The van der Waals surface area contributed by atoms with E-state index in [1.165, 1.54) is 10.7 Å². The number of halogens is 2. The lowest BCUT2D eigenvalue weighted by atomic mass is 10.0. The Morgan fingerprint density at radius 1 is 1.38 bits per heavy atom. The van der Waals surface area contributed by atoms with Crippen molar-refractivity contribution in [2.45, 2.75) is 33.1 Å². The van der Waals surface area contributed by atoms with E-state index in [9.17, 15) is 4.79 Å².